The zero-order chi connectivity index (χ0) is 30.6. The predicted molar refractivity (Wildman–Crippen MR) is 142 cm³/mol. The fourth-order valence-corrected chi connectivity index (χ4v) is 4.83. The summed E-state index contributed by atoms with van der Waals surface area (Å²) in [4.78, 5) is 0. The van der Waals surface area contributed by atoms with Gasteiger partial charge in [0.25, 0.3) is 0 Å². The molecular formula is C28H38O14. The normalized spacial score (nSPS) is 33.2. The molecule has 2 aromatic carbocycles. The molecule has 2 aromatic rings. The summed E-state index contributed by atoms with van der Waals surface area (Å²) in [6.07, 6.45) is -14.1. The minimum absolute atomic E-state index is 0.101. The molecule has 10 atom stereocenters. The van der Waals surface area contributed by atoms with Gasteiger partial charge in [0.2, 0.25) is 12.6 Å². The van der Waals surface area contributed by atoms with Crippen LogP contribution in [0.2, 0.25) is 0 Å². The minimum atomic E-state index is -1.66. The minimum Gasteiger partial charge on any atom is -0.493 e. The second kappa shape index (κ2) is 14.1. The maximum absolute atomic E-state index is 10.4. The molecule has 2 aliphatic heterocycles. The van der Waals surface area contributed by atoms with Crippen LogP contribution in [0.5, 0.6) is 23.0 Å². The molecule has 0 aromatic heterocycles. The van der Waals surface area contributed by atoms with Crippen molar-refractivity contribution in [1.29, 1.82) is 0 Å². The lowest BCUT2D eigenvalue weighted by atomic mass is 9.99. The first kappa shape index (κ1) is 32.2. The highest BCUT2D eigenvalue weighted by Crippen LogP contribution is 2.32. The van der Waals surface area contributed by atoms with Crippen molar-refractivity contribution in [2.24, 2.45) is 0 Å². The maximum Gasteiger partial charge on any atom is 0.229 e. The Bertz CT molecular complexity index is 1100. The van der Waals surface area contributed by atoms with Crippen molar-refractivity contribution in [1.82, 2.24) is 0 Å². The lowest BCUT2D eigenvalue weighted by Crippen LogP contribution is -2.60. The van der Waals surface area contributed by atoms with E-state index in [2.05, 4.69) is 0 Å². The highest BCUT2D eigenvalue weighted by Gasteiger charge is 2.46. The van der Waals surface area contributed by atoms with Gasteiger partial charge in [-0.1, -0.05) is 6.07 Å². The average Bonchev–Trinajstić information content (AvgIpc) is 3.00. The largest absolute Gasteiger partial charge is 0.493 e. The van der Waals surface area contributed by atoms with E-state index < -0.39 is 74.6 Å². The maximum atomic E-state index is 10.4. The number of methoxy groups -OCH3 is 2. The molecule has 0 saturated carbocycles. The number of rotatable bonds is 11. The lowest BCUT2D eigenvalue weighted by Gasteiger charge is -2.40. The standard InChI is InChI=1S/C28H38O14/c1-37-17-6-5-13(9-18(17)38-2)3-4-14-7-15(39-27-25(35)23(33)21(31)19(11-29)41-27)10-16(8-14)40-28-26(36)24(34)22(32)20(12-30)42-28/h5-10,19-36H,3-4,11-12H2,1-2H3/t19-,20-,21-,22-,23+,24+,25-,26-,27-,28-/m1/s1. The van der Waals surface area contributed by atoms with Gasteiger partial charge in [0.15, 0.2) is 11.5 Å². The van der Waals surface area contributed by atoms with Crippen LogP contribution in [0.1, 0.15) is 11.1 Å². The quantitative estimate of drug-likeness (QED) is 0.138. The van der Waals surface area contributed by atoms with Crippen LogP contribution in [0, 0.1) is 0 Å². The Morgan fingerprint density at radius 3 is 1.50 bits per heavy atom. The summed E-state index contributed by atoms with van der Waals surface area (Å²) < 4.78 is 33.2. The van der Waals surface area contributed by atoms with Gasteiger partial charge < -0.3 is 69.3 Å². The van der Waals surface area contributed by atoms with Crippen molar-refractivity contribution in [3.63, 3.8) is 0 Å². The molecule has 2 aliphatic rings. The smallest absolute Gasteiger partial charge is 0.229 e. The van der Waals surface area contributed by atoms with E-state index in [1.54, 1.807) is 18.2 Å². The molecule has 0 aliphatic carbocycles. The van der Waals surface area contributed by atoms with Crippen LogP contribution in [-0.2, 0) is 22.3 Å². The van der Waals surface area contributed by atoms with Crippen LogP contribution < -0.4 is 18.9 Å². The third kappa shape index (κ3) is 7.06. The Kier molecular flexibility index (Phi) is 10.8. The molecule has 14 nitrogen and oxygen atoms in total. The van der Waals surface area contributed by atoms with E-state index >= 15 is 0 Å². The lowest BCUT2D eigenvalue weighted by molar-refractivity contribution is -0.278. The van der Waals surface area contributed by atoms with Crippen LogP contribution in [0.3, 0.4) is 0 Å². The molecule has 2 saturated heterocycles. The van der Waals surface area contributed by atoms with Crippen molar-refractivity contribution in [3.8, 4) is 23.0 Å². The fourth-order valence-electron chi connectivity index (χ4n) is 4.83. The Balaban J connectivity index is 1.60. The number of hydrogen-bond donors (Lipinski definition) is 8. The van der Waals surface area contributed by atoms with Crippen LogP contribution in [-0.4, -0.2) is 130 Å². The van der Waals surface area contributed by atoms with Crippen LogP contribution >= 0.6 is 0 Å². The zero-order valence-electron chi connectivity index (χ0n) is 23.1. The molecule has 8 N–H and O–H groups in total. The second-order valence-corrected chi connectivity index (χ2v) is 10.1. The van der Waals surface area contributed by atoms with Gasteiger partial charge in [-0.15, -0.1) is 0 Å². The summed E-state index contributed by atoms with van der Waals surface area (Å²) in [7, 11) is 3.07. The van der Waals surface area contributed by atoms with E-state index in [0.717, 1.165) is 5.56 Å². The van der Waals surface area contributed by atoms with Gasteiger partial charge in [0.05, 0.1) is 27.4 Å². The van der Waals surface area contributed by atoms with E-state index in [1.165, 1.54) is 20.3 Å². The van der Waals surface area contributed by atoms with Crippen LogP contribution in [0.25, 0.3) is 0 Å². The van der Waals surface area contributed by atoms with E-state index in [4.69, 9.17) is 28.4 Å². The summed E-state index contributed by atoms with van der Waals surface area (Å²) >= 11 is 0. The Labute approximate surface area is 241 Å². The van der Waals surface area contributed by atoms with Crippen molar-refractivity contribution in [3.05, 3.63) is 47.5 Å². The number of aliphatic hydroxyl groups is 8. The van der Waals surface area contributed by atoms with E-state index in [1.807, 2.05) is 12.1 Å². The van der Waals surface area contributed by atoms with Crippen molar-refractivity contribution in [2.45, 2.75) is 74.3 Å². The van der Waals surface area contributed by atoms with Gasteiger partial charge in [0, 0.05) is 6.07 Å². The van der Waals surface area contributed by atoms with Gasteiger partial charge in [-0.2, -0.15) is 0 Å². The topological polar surface area (TPSA) is 217 Å². The molecule has 2 fully saturated rings. The molecule has 0 spiro atoms. The number of ether oxygens (including phenoxy) is 6. The Morgan fingerprint density at radius 2 is 1.05 bits per heavy atom. The van der Waals surface area contributed by atoms with Gasteiger partial charge in [-0.25, -0.2) is 0 Å². The monoisotopic (exact) mass is 598 g/mol. The van der Waals surface area contributed by atoms with Crippen LogP contribution in [0.15, 0.2) is 36.4 Å². The fraction of sp³-hybridized carbons (Fsp3) is 0.571. The van der Waals surface area contributed by atoms with Crippen molar-refractivity contribution >= 4 is 0 Å². The summed E-state index contributed by atoms with van der Waals surface area (Å²) in [6.45, 7) is -1.27. The number of aryl methyl sites for hydroxylation is 2. The molecular weight excluding hydrogens is 560 g/mol. The highest BCUT2D eigenvalue weighted by molar-refractivity contribution is 5.44. The molecule has 2 heterocycles. The summed E-state index contributed by atoms with van der Waals surface area (Å²) in [6, 6.07) is 10.1. The average molecular weight is 599 g/mol. The van der Waals surface area contributed by atoms with Gasteiger partial charge in [0.1, 0.15) is 60.3 Å². The summed E-state index contributed by atoms with van der Waals surface area (Å²) in [5.74, 6) is 1.33. The molecule has 14 heteroatoms. The molecule has 0 radical (unpaired) electrons. The molecule has 0 bridgehead atoms. The Hall–Kier alpha value is -2.76. The second-order valence-electron chi connectivity index (χ2n) is 10.1. The SMILES string of the molecule is COc1ccc(CCc2cc(O[C@@H]3O[C@H](CO)[C@@H](O)[C@H](O)[C@H]3O)cc(O[C@@H]3O[C@H](CO)[C@@H](O)[C@H](O)[C@H]3O)c2)cc1OC. The molecule has 42 heavy (non-hydrogen) atoms. The summed E-state index contributed by atoms with van der Waals surface area (Å²) in [5.41, 5.74) is 1.58. The van der Waals surface area contributed by atoms with E-state index in [-0.39, 0.29) is 11.5 Å². The van der Waals surface area contributed by atoms with Crippen molar-refractivity contribution in [2.75, 3.05) is 27.4 Å². The van der Waals surface area contributed by atoms with Crippen molar-refractivity contribution < 1.29 is 69.3 Å². The number of hydrogen-bond acceptors (Lipinski definition) is 14. The Morgan fingerprint density at radius 1 is 0.571 bits per heavy atom. The van der Waals surface area contributed by atoms with Gasteiger partial charge in [-0.3, -0.25) is 0 Å². The molecule has 0 amide bonds. The van der Waals surface area contributed by atoms with Gasteiger partial charge >= 0.3 is 0 Å². The highest BCUT2D eigenvalue weighted by atomic mass is 16.7. The third-order valence-electron chi connectivity index (χ3n) is 7.29. The first-order valence-corrected chi connectivity index (χ1v) is 13.4. The van der Waals surface area contributed by atoms with E-state index in [0.29, 0.717) is 29.9 Å². The molecule has 0 unspecified atom stereocenters. The number of benzene rings is 2. The van der Waals surface area contributed by atoms with E-state index in [9.17, 15) is 40.9 Å². The number of aliphatic hydroxyl groups excluding tert-OH is 8. The zero-order valence-corrected chi connectivity index (χ0v) is 23.1. The third-order valence-corrected chi connectivity index (χ3v) is 7.29. The van der Waals surface area contributed by atoms with Crippen LogP contribution in [0.4, 0.5) is 0 Å². The molecule has 234 valence electrons. The molecule has 4 rings (SSSR count). The summed E-state index contributed by atoms with van der Waals surface area (Å²) in [5, 5.41) is 80.4. The first-order valence-electron chi connectivity index (χ1n) is 13.4. The van der Waals surface area contributed by atoms with Gasteiger partial charge in [-0.05, 0) is 48.2 Å². The predicted octanol–water partition coefficient (Wildman–Crippen LogP) is -2.15. The first-order chi connectivity index (χ1) is 20.1.